The van der Waals surface area contributed by atoms with Gasteiger partial charge in [0.2, 0.25) is 0 Å². The number of likely N-dealkylation sites (tertiary alicyclic amines) is 1. The lowest BCUT2D eigenvalue weighted by Gasteiger charge is -2.38. The van der Waals surface area contributed by atoms with Gasteiger partial charge in [0, 0.05) is 43.2 Å². The van der Waals surface area contributed by atoms with Crippen LogP contribution in [0.15, 0.2) is 27.8 Å². The number of aliphatic carboxylic acids is 1. The summed E-state index contributed by atoms with van der Waals surface area (Å²) in [6.45, 7) is 9.58. The minimum Gasteiger partial charge on any atom is -0.480 e. The third kappa shape index (κ3) is 6.80. The second kappa shape index (κ2) is 12.6. The SMILES string of the molecule is CC.CC.COC(=O)C1=C(CN2CCC(F)(F)CC2C(=O)O)NC(c2nccs2)=NC1C. The summed E-state index contributed by atoms with van der Waals surface area (Å²) in [6.07, 6.45) is 0.397. The Morgan fingerprint density at radius 2 is 2.00 bits per heavy atom. The molecule has 1 fully saturated rings. The highest BCUT2D eigenvalue weighted by atomic mass is 32.1. The molecule has 0 aromatic carbocycles. The number of thiazole rings is 1. The van der Waals surface area contributed by atoms with Crippen molar-refractivity contribution in [1.82, 2.24) is 15.2 Å². The zero-order valence-corrected chi connectivity index (χ0v) is 20.1. The number of rotatable bonds is 5. The van der Waals surface area contributed by atoms with Crippen molar-refractivity contribution in [3.8, 4) is 0 Å². The second-order valence-corrected chi connectivity index (χ2v) is 7.53. The number of piperidine rings is 1. The van der Waals surface area contributed by atoms with Gasteiger partial charge < -0.3 is 15.2 Å². The fraction of sp³-hybridized carbons (Fsp3) is 0.619. The van der Waals surface area contributed by atoms with Crippen molar-refractivity contribution >= 4 is 29.1 Å². The van der Waals surface area contributed by atoms with Crippen molar-refractivity contribution in [1.29, 1.82) is 0 Å². The maximum absolute atomic E-state index is 13.7. The fourth-order valence-electron chi connectivity index (χ4n) is 3.34. The van der Waals surface area contributed by atoms with Crippen molar-refractivity contribution in [2.75, 3.05) is 20.2 Å². The average Bonchev–Trinajstić information content (AvgIpc) is 3.32. The van der Waals surface area contributed by atoms with E-state index in [1.807, 2.05) is 27.7 Å². The summed E-state index contributed by atoms with van der Waals surface area (Å²) in [5.41, 5.74) is 0.625. The second-order valence-electron chi connectivity index (χ2n) is 6.63. The van der Waals surface area contributed by atoms with Crippen molar-refractivity contribution in [2.24, 2.45) is 4.99 Å². The lowest BCUT2D eigenvalue weighted by atomic mass is 9.97. The van der Waals surface area contributed by atoms with Crippen LogP contribution in [-0.4, -0.2) is 71.0 Å². The van der Waals surface area contributed by atoms with E-state index in [-0.39, 0.29) is 18.7 Å². The molecule has 8 nitrogen and oxygen atoms in total. The topological polar surface area (TPSA) is 104 Å². The first-order chi connectivity index (χ1) is 15.2. The van der Waals surface area contributed by atoms with Crippen LogP contribution in [0, 0.1) is 0 Å². The summed E-state index contributed by atoms with van der Waals surface area (Å²) < 4.78 is 32.3. The Balaban J connectivity index is 0.00000121. The van der Waals surface area contributed by atoms with Gasteiger partial charge in [-0.2, -0.15) is 0 Å². The number of aromatic nitrogens is 1. The van der Waals surface area contributed by atoms with E-state index in [1.54, 1.807) is 18.5 Å². The molecule has 11 heteroatoms. The molecule has 3 rings (SSSR count). The Labute approximate surface area is 191 Å². The average molecular weight is 475 g/mol. The van der Waals surface area contributed by atoms with Crippen LogP contribution in [0.25, 0.3) is 0 Å². The first kappa shape index (κ1) is 27.6. The lowest BCUT2D eigenvalue weighted by molar-refractivity contribution is -0.153. The van der Waals surface area contributed by atoms with Crippen molar-refractivity contribution in [3.05, 3.63) is 27.9 Å². The van der Waals surface area contributed by atoms with E-state index in [4.69, 9.17) is 4.74 Å². The number of halogens is 2. The first-order valence-corrected chi connectivity index (χ1v) is 11.5. The summed E-state index contributed by atoms with van der Waals surface area (Å²) in [5.74, 6) is -4.51. The van der Waals surface area contributed by atoms with Crippen LogP contribution < -0.4 is 5.32 Å². The molecule has 2 N–H and O–H groups in total. The molecule has 180 valence electrons. The molecular formula is C21H32F2N4O4S. The van der Waals surface area contributed by atoms with Gasteiger partial charge in [-0.3, -0.25) is 14.7 Å². The molecule has 2 unspecified atom stereocenters. The molecular weight excluding hydrogens is 442 g/mol. The van der Waals surface area contributed by atoms with Gasteiger partial charge in [0.15, 0.2) is 10.8 Å². The summed E-state index contributed by atoms with van der Waals surface area (Å²) in [5, 5.41) is 14.8. The molecule has 32 heavy (non-hydrogen) atoms. The zero-order valence-electron chi connectivity index (χ0n) is 19.3. The van der Waals surface area contributed by atoms with Crippen LogP contribution in [0.1, 0.15) is 52.5 Å². The molecule has 0 saturated carbocycles. The van der Waals surface area contributed by atoms with Gasteiger partial charge in [-0.05, 0) is 6.92 Å². The summed E-state index contributed by atoms with van der Waals surface area (Å²) in [4.78, 5) is 33.9. The monoisotopic (exact) mass is 474 g/mol. The number of amidine groups is 1. The number of alkyl halides is 2. The Kier molecular flexibility index (Phi) is 10.9. The maximum atomic E-state index is 13.7. The number of carbonyl (C=O) groups is 2. The van der Waals surface area contributed by atoms with E-state index in [0.29, 0.717) is 16.5 Å². The Bertz CT molecular complexity index is 828. The number of nitrogens with one attached hydrogen (secondary N) is 1. The number of carboxylic acid groups (broad SMARTS) is 1. The number of aliphatic imine (C=N–C) groups is 1. The van der Waals surface area contributed by atoms with Gasteiger partial charge >= 0.3 is 11.9 Å². The number of esters is 1. The van der Waals surface area contributed by atoms with Crippen LogP contribution in [0.2, 0.25) is 0 Å². The van der Waals surface area contributed by atoms with Gasteiger partial charge in [0.1, 0.15) is 6.04 Å². The molecule has 2 aliphatic heterocycles. The number of ether oxygens (including phenoxy) is 1. The number of carbonyl (C=O) groups excluding carboxylic acids is 1. The van der Waals surface area contributed by atoms with Gasteiger partial charge in [-0.15, -0.1) is 11.3 Å². The molecule has 0 aliphatic carbocycles. The first-order valence-electron chi connectivity index (χ1n) is 10.6. The molecule has 0 radical (unpaired) electrons. The maximum Gasteiger partial charge on any atom is 0.337 e. The molecule has 1 aromatic rings. The molecule has 2 aliphatic rings. The quantitative estimate of drug-likeness (QED) is 0.629. The molecule has 0 amide bonds. The number of carboxylic acids is 1. The smallest absolute Gasteiger partial charge is 0.337 e. The molecule has 2 atom stereocenters. The van der Waals surface area contributed by atoms with E-state index in [0.717, 1.165) is 0 Å². The van der Waals surface area contributed by atoms with Crippen LogP contribution in [-0.2, 0) is 14.3 Å². The normalized spacial score (nSPS) is 22.3. The molecule has 0 spiro atoms. The zero-order chi connectivity index (χ0) is 24.5. The van der Waals surface area contributed by atoms with Crippen molar-refractivity contribution in [2.45, 2.75) is 65.5 Å². The number of methoxy groups -OCH3 is 1. The third-order valence-electron chi connectivity index (χ3n) is 4.72. The van der Waals surface area contributed by atoms with Gasteiger partial charge in [0.25, 0.3) is 5.92 Å². The predicted molar refractivity (Wildman–Crippen MR) is 120 cm³/mol. The van der Waals surface area contributed by atoms with Gasteiger partial charge in [-0.1, -0.05) is 27.7 Å². The van der Waals surface area contributed by atoms with E-state index in [9.17, 15) is 23.5 Å². The summed E-state index contributed by atoms with van der Waals surface area (Å²) in [6, 6.07) is -1.91. The number of nitrogens with zero attached hydrogens (tertiary/aromatic N) is 3. The fourth-order valence-corrected chi connectivity index (χ4v) is 3.93. The number of hydrogen-bond acceptors (Lipinski definition) is 8. The largest absolute Gasteiger partial charge is 0.480 e. The van der Waals surface area contributed by atoms with Gasteiger partial charge in [-0.25, -0.2) is 18.6 Å². The van der Waals surface area contributed by atoms with E-state index >= 15 is 0 Å². The Morgan fingerprint density at radius 1 is 1.34 bits per heavy atom. The third-order valence-corrected chi connectivity index (χ3v) is 5.50. The van der Waals surface area contributed by atoms with Crippen LogP contribution >= 0.6 is 11.3 Å². The van der Waals surface area contributed by atoms with Crippen molar-refractivity contribution in [3.63, 3.8) is 0 Å². The molecule has 1 aromatic heterocycles. The Morgan fingerprint density at radius 3 is 2.53 bits per heavy atom. The molecule has 3 heterocycles. The summed E-state index contributed by atoms with van der Waals surface area (Å²) >= 11 is 1.35. The minimum atomic E-state index is -3.03. The van der Waals surface area contributed by atoms with E-state index < -0.39 is 42.8 Å². The van der Waals surface area contributed by atoms with E-state index in [2.05, 4.69) is 15.3 Å². The van der Waals surface area contributed by atoms with Crippen LogP contribution in [0.4, 0.5) is 8.78 Å². The van der Waals surface area contributed by atoms with Gasteiger partial charge in [0.05, 0.1) is 18.7 Å². The highest BCUT2D eigenvalue weighted by Crippen LogP contribution is 2.33. The number of hydrogen-bond donors (Lipinski definition) is 2. The summed E-state index contributed by atoms with van der Waals surface area (Å²) in [7, 11) is 1.24. The Hall–Kier alpha value is -2.40. The van der Waals surface area contributed by atoms with Crippen LogP contribution in [0.5, 0.6) is 0 Å². The molecule has 0 bridgehead atoms. The van der Waals surface area contributed by atoms with E-state index in [1.165, 1.54) is 23.3 Å². The predicted octanol–water partition coefficient (Wildman–Crippen LogP) is 3.55. The minimum absolute atomic E-state index is 0.0216. The molecule has 1 saturated heterocycles. The lowest BCUT2D eigenvalue weighted by Crippen LogP contribution is -2.53. The highest BCUT2D eigenvalue weighted by molar-refractivity contribution is 7.11. The van der Waals surface area contributed by atoms with Crippen molar-refractivity contribution < 1.29 is 28.2 Å². The van der Waals surface area contributed by atoms with Crippen LogP contribution in [0.3, 0.4) is 0 Å². The highest BCUT2D eigenvalue weighted by Gasteiger charge is 2.44. The standard InChI is InChI=1S/C17H20F2N4O4S.2C2H6/c1-9-12(16(26)27-2)10(22-13(21-9)14-20-4-6-28-14)8-23-5-3-17(18,19)7-11(23)15(24)25;2*1-2/h4,6,9,11H,3,5,7-8H2,1-2H3,(H,21,22)(H,24,25);2*1-2H3.